The first-order valence-corrected chi connectivity index (χ1v) is 7.83. The Kier molecular flexibility index (Phi) is 4.28. The number of carboxylic acids is 1. The molecule has 1 aromatic heterocycles. The van der Waals surface area contributed by atoms with Gasteiger partial charge in [0.1, 0.15) is 11.6 Å². The molecule has 0 bridgehead atoms. The smallest absolute Gasteiger partial charge is 0.340 e. The average molecular weight is 316 g/mol. The van der Waals surface area contributed by atoms with E-state index in [1.807, 2.05) is 0 Å². The number of H-pyrrole nitrogens is 1. The molecule has 0 saturated carbocycles. The minimum absolute atomic E-state index is 0.165. The lowest BCUT2D eigenvalue weighted by Crippen LogP contribution is -2.51. The predicted molar refractivity (Wildman–Crippen MR) is 71.1 cm³/mol. The molecule has 1 unspecified atom stereocenters. The van der Waals surface area contributed by atoms with Gasteiger partial charge in [-0.25, -0.2) is 13.2 Å². The van der Waals surface area contributed by atoms with E-state index in [2.05, 4.69) is 15.5 Å². The maximum atomic E-state index is 12.6. The fraction of sp³-hybridized carbons (Fsp3) is 0.545. The topological polar surface area (TPSA) is 132 Å². The zero-order chi connectivity index (χ0) is 15.6. The number of piperidine rings is 1. The average Bonchev–Trinajstić information content (AvgIpc) is 2.97. The Morgan fingerprint density at radius 1 is 1.48 bits per heavy atom. The van der Waals surface area contributed by atoms with E-state index in [9.17, 15) is 18.0 Å². The van der Waals surface area contributed by atoms with E-state index in [-0.39, 0.29) is 6.54 Å². The lowest BCUT2D eigenvalue weighted by Gasteiger charge is -2.32. The van der Waals surface area contributed by atoms with E-state index in [1.165, 1.54) is 7.05 Å². The molecular formula is C11H16N4O5S. The molecule has 1 atom stereocenters. The van der Waals surface area contributed by atoms with Crippen molar-refractivity contribution >= 4 is 21.9 Å². The van der Waals surface area contributed by atoms with Crippen LogP contribution in [-0.2, 0) is 14.8 Å². The Balaban J connectivity index is 2.43. The Bertz CT molecular complexity index is 653. The second-order valence-corrected chi connectivity index (χ2v) is 6.49. The van der Waals surface area contributed by atoms with Crippen molar-refractivity contribution in [1.29, 1.82) is 0 Å². The first-order chi connectivity index (χ1) is 9.89. The summed E-state index contributed by atoms with van der Waals surface area (Å²) >= 11 is 0. The van der Waals surface area contributed by atoms with Crippen LogP contribution in [0.1, 0.15) is 29.6 Å². The van der Waals surface area contributed by atoms with Gasteiger partial charge in [0.15, 0.2) is 5.03 Å². The van der Waals surface area contributed by atoms with Crippen molar-refractivity contribution in [2.24, 2.45) is 0 Å². The van der Waals surface area contributed by atoms with Crippen LogP contribution < -0.4 is 5.32 Å². The molecule has 116 valence electrons. The highest BCUT2D eigenvalue weighted by molar-refractivity contribution is 7.89. The fourth-order valence-electron chi connectivity index (χ4n) is 2.36. The summed E-state index contributed by atoms with van der Waals surface area (Å²) in [5.41, 5.74) is -0.434. The Morgan fingerprint density at radius 2 is 2.19 bits per heavy atom. The Labute approximate surface area is 121 Å². The molecular weight excluding hydrogens is 300 g/mol. The summed E-state index contributed by atoms with van der Waals surface area (Å²) < 4.78 is 26.3. The molecule has 1 aliphatic heterocycles. The monoisotopic (exact) mass is 316 g/mol. The molecule has 1 aliphatic rings. The van der Waals surface area contributed by atoms with Gasteiger partial charge in [0, 0.05) is 13.6 Å². The van der Waals surface area contributed by atoms with Crippen LogP contribution in [0.5, 0.6) is 0 Å². The molecule has 2 heterocycles. The SMILES string of the molecule is CNC(=O)C1CCCCN1S(=O)(=O)c1[nH]ncc1C(=O)O. The fourth-order valence-corrected chi connectivity index (χ4v) is 4.09. The van der Waals surface area contributed by atoms with Gasteiger partial charge in [0.05, 0.1) is 6.20 Å². The van der Waals surface area contributed by atoms with E-state index < -0.39 is 38.5 Å². The van der Waals surface area contributed by atoms with Gasteiger partial charge >= 0.3 is 5.97 Å². The Morgan fingerprint density at radius 3 is 2.81 bits per heavy atom. The summed E-state index contributed by atoms with van der Waals surface area (Å²) in [5, 5.41) is 16.6. The summed E-state index contributed by atoms with van der Waals surface area (Å²) in [7, 11) is -2.69. The van der Waals surface area contributed by atoms with Crippen LogP contribution in [0.15, 0.2) is 11.2 Å². The van der Waals surface area contributed by atoms with E-state index in [1.54, 1.807) is 0 Å². The summed E-state index contributed by atoms with van der Waals surface area (Å²) in [6.45, 7) is 0.165. The number of hydrogen-bond donors (Lipinski definition) is 3. The summed E-state index contributed by atoms with van der Waals surface area (Å²) in [4.78, 5) is 22.9. The number of nitrogens with one attached hydrogen (secondary N) is 2. The van der Waals surface area contributed by atoms with E-state index >= 15 is 0 Å². The molecule has 21 heavy (non-hydrogen) atoms. The third-order valence-electron chi connectivity index (χ3n) is 3.40. The largest absolute Gasteiger partial charge is 0.478 e. The Hall–Kier alpha value is -1.94. The van der Waals surface area contributed by atoms with Gasteiger partial charge in [0.2, 0.25) is 5.91 Å². The van der Waals surface area contributed by atoms with Crippen molar-refractivity contribution in [3.8, 4) is 0 Å². The van der Waals surface area contributed by atoms with Crippen LogP contribution in [-0.4, -0.2) is 59.5 Å². The third-order valence-corrected chi connectivity index (χ3v) is 5.29. The molecule has 1 amide bonds. The van der Waals surface area contributed by atoms with Crippen LogP contribution in [0.25, 0.3) is 0 Å². The standard InChI is InChI=1S/C11H16N4O5S/c1-12-9(16)8-4-2-3-5-15(8)21(19,20)10-7(11(17)18)6-13-14-10/h6,8H,2-5H2,1H3,(H,12,16)(H,13,14)(H,17,18). The maximum Gasteiger partial charge on any atom is 0.340 e. The van der Waals surface area contributed by atoms with E-state index in [0.29, 0.717) is 12.8 Å². The number of rotatable bonds is 4. The maximum absolute atomic E-state index is 12.6. The second kappa shape index (κ2) is 5.82. The molecule has 0 aromatic carbocycles. The number of carboxylic acid groups (broad SMARTS) is 1. The van der Waals surface area contributed by atoms with Gasteiger partial charge in [-0.05, 0) is 12.8 Å². The first-order valence-electron chi connectivity index (χ1n) is 6.39. The quantitative estimate of drug-likeness (QED) is 0.679. The van der Waals surface area contributed by atoms with Crippen molar-refractivity contribution < 1.29 is 23.1 Å². The number of carbonyl (C=O) groups is 2. The molecule has 0 aliphatic carbocycles. The molecule has 9 nitrogen and oxygen atoms in total. The van der Waals surface area contributed by atoms with Gasteiger partial charge in [-0.1, -0.05) is 6.42 Å². The number of aromatic nitrogens is 2. The second-order valence-electron chi connectivity index (χ2n) is 4.66. The minimum Gasteiger partial charge on any atom is -0.478 e. The summed E-state index contributed by atoms with van der Waals surface area (Å²) in [6.07, 6.45) is 2.69. The normalized spacial score (nSPS) is 20.1. The molecule has 1 fully saturated rings. The number of likely N-dealkylation sites (N-methyl/N-ethyl adjacent to an activating group) is 1. The minimum atomic E-state index is -4.13. The van der Waals surface area contributed by atoms with Crippen molar-refractivity contribution in [3.05, 3.63) is 11.8 Å². The number of sulfonamides is 1. The number of nitrogens with zero attached hydrogens (tertiary/aromatic N) is 2. The van der Waals surface area contributed by atoms with Gasteiger partial charge in [-0.2, -0.15) is 9.40 Å². The van der Waals surface area contributed by atoms with E-state index in [4.69, 9.17) is 5.11 Å². The van der Waals surface area contributed by atoms with Gasteiger partial charge < -0.3 is 10.4 Å². The number of hydrogen-bond acceptors (Lipinski definition) is 5. The van der Waals surface area contributed by atoms with Crippen molar-refractivity contribution in [3.63, 3.8) is 0 Å². The number of carbonyl (C=O) groups excluding carboxylic acids is 1. The van der Waals surface area contributed by atoms with Crippen LogP contribution in [0.4, 0.5) is 0 Å². The van der Waals surface area contributed by atoms with Crippen LogP contribution in [0.3, 0.4) is 0 Å². The van der Waals surface area contributed by atoms with Crippen LogP contribution >= 0.6 is 0 Å². The highest BCUT2D eigenvalue weighted by Crippen LogP contribution is 2.26. The molecule has 10 heteroatoms. The van der Waals surface area contributed by atoms with Crippen LogP contribution in [0, 0.1) is 0 Å². The molecule has 1 saturated heterocycles. The zero-order valence-corrected chi connectivity index (χ0v) is 12.2. The number of amides is 1. The highest BCUT2D eigenvalue weighted by atomic mass is 32.2. The first kappa shape index (κ1) is 15.4. The lowest BCUT2D eigenvalue weighted by molar-refractivity contribution is -0.125. The van der Waals surface area contributed by atoms with Gasteiger partial charge in [-0.3, -0.25) is 9.89 Å². The number of aromatic amines is 1. The molecule has 1 aromatic rings. The van der Waals surface area contributed by atoms with Crippen molar-refractivity contribution in [1.82, 2.24) is 19.8 Å². The summed E-state index contributed by atoms with van der Waals surface area (Å²) in [6, 6.07) is -0.835. The summed E-state index contributed by atoms with van der Waals surface area (Å²) in [5.74, 6) is -1.80. The van der Waals surface area contributed by atoms with Gasteiger partial charge in [-0.15, -0.1) is 0 Å². The molecule has 0 radical (unpaired) electrons. The van der Waals surface area contributed by atoms with E-state index in [0.717, 1.165) is 16.9 Å². The van der Waals surface area contributed by atoms with Crippen LogP contribution in [0.2, 0.25) is 0 Å². The van der Waals surface area contributed by atoms with Crippen molar-refractivity contribution in [2.45, 2.75) is 30.3 Å². The van der Waals surface area contributed by atoms with Crippen molar-refractivity contribution in [2.75, 3.05) is 13.6 Å². The predicted octanol–water partition coefficient (Wildman–Crippen LogP) is -0.603. The molecule has 0 spiro atoms. The third kappa shape index (κ3) is 2.76. The molecule has 2 rings (SSSR count). The number of aromatic carboxylic acids is 1. The molecule has 3 N–H and O–H groups in total. The highest BCUT2D eigenvalue weighted by Gasteiger charge is 2.39. The zero-order valence-electron chi connectivity index (χ0n) is 11.4. The van der Waals surface area contributed by atoms with Gasteiger partial charge in [0.25, 0.3) is 10.0 Å². The lowest BCUT2D eigenvalue weighted by atomic mass is 10.0.